The standard InChI is InChI=1S/C26H31FN6O.2ClH/c1-17-21(30-22-10-5-18(27)15-23(22)28-17)11-12-24-31-25(16-26(32-24)33-13-3-4-14-33)29-19-6-8-20(34-2)9-7-19;;/h5,10-12,15-16,19-20H,3-4,6-9,13-14H2,1-2H3,(H,29,31,32);2*1H/b12-11+;;/t19-,20-;;. The van der Waals surface area contributed by atoms with Gasteiger partial charge in [-0.2, -0.15) is 0 Å². The fourth-order valence-electron chi connectivity index (χ4n) is 4.80. The third-order valence-corrected chi connectivity index (χ3v) is 6.75. The lowest BCUT2D eigenvalue weighted by Crippen LogP contribution is -2.30. The Labute approximate surface area is 223 Å². The predicted octanol–water partition coefficient (Wildman–Crippen LogP) is 5.85. The summed E-state index contributed by atoms with van der Waals surface area (Å²) in [4.78, 5) is 21.1. The molecule has 10 heteroatoms. The van der Waals surface area contributed by atoms with Crippen LogP contribution in [0.2, 0.25) is 0 Å². The summed E-state index contributed by atoms with van der Waals surface area (Å²) >= 11 is 0. The molecule has 1 aliphatic carbocycles. The number of hydrogen-bond donors (Lipinski definition) is 1. The van der Waals surface area contributed by atoms with Crippen molar-refractivity contribution >= 4 is 59.6 Å². The Balaban J connectivity index is 0.00000180. The molecule has 2 fully saturated rings. The van der Waals surface area contributed by atoms with Gasteiger partial charge in [-0.1, -0.05) is 0 Å². The first kappa shape index (κ1) is 28.0. The van der Waals surface area contributed by atoms with Crippen LogP contribution < -0.4 is 10.2 Å². The first-order chi connectivity index (χ1) is 16.6. The highest BCUT2D eigenvalue weighted by atomic mass is 35.5. The molecule has 3 aromatic rings. The molecular formula is C26H33Cl2FN6O. The zero-order valence-corrected chi connectivity index (χ0v) is 22.2. The third kappa shape index (κ3) is 6.60. The third-order valence-electron chi connectivity index (χ3n) is 6.75. The molecule has 0 radical (unpaired) electrons. The summed E-state index contributed by atoms with van der Waals surface area (Å²) in [5.41, 5.74) is 2.67. The van der Waals surface area contributed by atoms with E-state index in [1.807, 2.05) is 19.1 Å². The van der Waals surface area contributed by atoms with Crippen molar-refractivity contribution in [2.75, 3.05) is 30.4 Å². The lowest BCUT2D eigenvalue weighted by Gasteiger charge is -2.29. The van der Waals surface area contributed by atoms with Gasteiger partial charge >= 0.3 is 0 Å². The Kier molecular flexibility index (Phi) is 9.82. The average Bonchev–Trinajstić information content (AvgIpc) is 3.38. The quantitative estimate of drug-likeness (QED) is 0.424. The van der Waals surface area contributed by atoms with Crippen LogP contribution in [0.3, 0.4) is 0 Å². The summed E-state index contributed by atoms with van der Waals surface area (Å²) in [5, 5.41) is 3.64. The highest BCUT2D eigenvalue weighted by molar-refractivity contribution is 5.85. The van der Waals surface area contributed by atoms with E-state index in [4.69, 9.17) is 14.7 Å². The van der Waals surface area contributed by atoms with E-state index < -0.39 is 0 Å². The highest BCUT2D eigenvalue weighted by Crippen LogP contribution is 2.26. The number of methoxy groups -OCH3 is 1. The molecule has 0 unspecified atom stereocenters. The van der Waals surface area contributed by atoms with E-state index in [1.165, 1.54) is 25.0 Å². The van der Waals surface area contributed by atoms with Gasteiger partial charge in [-0.05, 0) is 69.7 Å². The number of anilines is 2. The van der Waals surface area contributed by atoms with Gasteiger partial charge in [0, 0.05) is 38.4 Å². The summed E-state index contributed by atoms with van der Waals surface area (Å²) in [6.07, 6.45) is 10.8. The Bertz CT molecular complexity index is 1200. The van der Waals surface area contributed by atoms with Crippen LogP contribution >= 0.6 is 24.8 Å². The molecule has 0 spiro atoms. The van der Waals surface area contributed by atoms with Crippen LogP contribution in [0.4, 0.5) is 16.0 Å². The number of nitrogens with zero attached hydrogens (tertiary/aromatic N) is 5. The second-order valence-electron chi connectivity index (χ2n) is 9.18. The van der Waals surface area contributed by atoms with Crippen molar-refractivity contribution in [2.45, 2.75) is 57.6 Å². The number of ether oxygens (including phenoxy) is 1. The molecule has 0 bridgehead atoms. The van der Waals surface area contributed by atoms with E-state index in [9.17, 15) is 4.39 Å². The van der Waals surface area contributed by atoms with Crippen molar-refractivity contribution in [3.8, 4) is 0 Å². The zero-order chi connectivity index (χ0) is 23.5. The molecule has 5 rings (SSSR count). The minimum Gasteiger partial charge on any atom is -0.381 e. The molecule has 3 heterocycles. The Morgan fingerprint density at radius 1 is 0.944 bits per heavy atom. The fraction of sp³-hybridized carbons (Fsp3) is 0.462. The maximum Gasteiger partial charge on any atom is 0.156 e. The maximum absolute atomic E-state index is 13.5. The van der Waals surface area contributed by atoms with Crippen LogP contribution in [0.5, 0.6) is 0 Å². The van der Waals surface area contributed by atoms with E-state index in [0.29, 0.717) is 29.0 Å². The van der Waals surface area contributed by atoms with Gasteiger partial charge in [0.15, 0.2) is 5.82 Å². The maximum atomic E-state index is 13.5. The Morgan fingerprint density at radius 2 is 1.69 bits per heavy atom. The lowest BCUT2D eigenvalue weighted by molar-refractivity contribution is 0.0681. The minimum atomic E-state index is -0.313. The van der Waals surface area contributed by atoms with Crippen molar-refractivity contribution in [3.05, 3.63) is 47.3 Å². The number of hydrogen-bond acceptors (Lipinski definition) is 7. The number of rotatable bonds is 6. The Hall–Kier alpha value is -2.55. The number of fused-ring (bicyclic) bond motifs is 1. The summed E-state index contributed by atoms with van der Waals surface area (Å²) in [6, 6.07) is 6.92. The van der Waals surface area contributed by atoms with Crippen LogP contribution in [-0.2, 0) is 4.74 Å². The van der Waals surface area contributed by atoms with Crippen molar-refractivity contribution in [1.29, 1.82) is 0 Å². The number of benzene rings is 1. The second kappa shape index (κ2) is 12.6. The first-order valence-corrected chi connectivity index (χ1v) is 12.1. The van der Waals surface area contributed by atoms with E-state index in [1.54, 1.807) is 13.2 Å². The molecule has 2 aromatic heterocycles. The minimum absolute atomic E-state index is 0. The van der Waals surface area contributed by atoms with E-state index in [2.05, 4.69) is 26.3 Å². The molecule has 194 valence electrons. The Morgan fingerprint density at radius 3 is 2.42 bits per heavy atom. The molecule has 2 aliphatic rings. The molecule has 0 atom stereocenters. The predicted molar refractivity (Wildman–Crippen MR) is 148 cm³/mol. The number of aryl methyl sites for hydroxylation is 1. The van der Waals surface area contributed by atoms with Gasteiger partial charge in [0.2, 0.25) is 0 Å². The van der Waals surface area contributed by atoms with Gasteiger partial charge < -0.3 is 15.0 Å². The molecule has 1 N–H and O–H groups in total. The van der Waals surface area contributed by atoms with Crippen molar-refractivity contribution in [2.24, 2.45) is 0 Å². The fourth-order valence-corrected chi connectivity index (χ4v) is 4.80. The van der Waals surface area contributed by atoms with Crippen LogP contribution in [0.15, 0.2) is 24.3 Å². The number of aromatic nitrogens is 4. The molecular weight excluding hydrogens is 502 g/mol. The molecule has 1 aromatic carbocycles. The van der Waals surface area contributed by atoms with Gasteiger partial charge in [0.05, 0.1) is 28.5 Å². The van der Waals surface area contributed by atoms with Crippen LogP contribution in [0, 0.1) is 12.7 Å². The van der Waals surface area contributed by atoms with Crippen LogP contribution in [0.1, 0.15) is 55.7 Å². The topological polar surface area (TPSA) is 76.1 Å². The molecule has 0 amide bonds. The van der Waals surface area contributed by atoms with Gasteiger partial charge in [0.25, 0.3) is 0 Å². The average molecular weight is 535 g/mol. The van der Waals surface area contributed by atoms with E-state index in [-0.39, 0.29) is 30.6 Å². The number of halogens is 3. The van der Waals surface area contributed by atoms with Crippen molar-refractivity contribution in [1.82, 2.24) is 19.9 Å². The molecule has 1 saturated carbocycles. The van der Waals surface area contributed by atoms with Crippen LogP contribution in [-0.4, -0.2) is 52.3 Å². The first-order valence-electron chi connectivity index (χ1n) is 12.1. The van der Waals surface area contributed by atoms with E-state index in [0.717, 1.165) is 61.8 Å². The van der Waals surface area contributed by atoms with Gasteiger partial charge in [-0.25, -0.2) is 24.3 Å². The monoisotopic (exact) mass is 534 g/mol. The molecule has 7 nitrogen and oxygen atoms in total. The van der Waals surface area contributed by atoms with Gasteiger partial charge in [0.1, 0.15) is 17.5 Å². The largest absolute Gasteiger partial charge is 0.381 e. The van der Waals surface area contributed by atoms with Crippen LogP contribution in [0.25, 0.3) is 23.2 Å². The SMILES string of the molecule is CO[C@H]1CC[C@H](Nc2cc(N3CCCC3)nc(/C=C/c3nc4ccc(F)cc4nc3C)n2)CC1.Cl.Cl. The second-order valence-corrected chi connectivity index (χ2v) is 9.18. The highest BCUT2D eigenvalue weighted by Gasteiger charge is 2.22. The molecule has 1 saturated heterocycles. The number of nitrogens with one attached hydrogen (secondary N) is 1. The molecule has 36 heavy (non-hydrogen) atoms. The lowest BCUT2D eigenvalue weighted by atomic mass is 9.93. The summed E-state index contributed by atoms with van der Waals surface area (Å²) in [7, 11) is 1.80. The normalized spacial score (nSPS) is 19.8. The summed E-state index contributed by atoms with van der Waals surface area (Å²) in [6.45, 7) is 3.91. The summed E-state index contributed by atoms with van der Waals surface area (Å²) in [5.74, 6) is 2.14. The van der Waals surface area contributed by atoms with Crippen molar-refractivity contribution < 1.29 is 9.13 Å². The summed E-state index contributed by atoms with van der Waals surface area (Å²) < 4.78 is 19.0. The van der Waals surface area contributed by atoms with E-state index >= 15 is 0 Å². The molecule has 1 aliphatic heterocycles. The van der Waals surface area contributed by atoms with Gasteiger partial charge in [-0.3, -0.25) is 0 Å². The smallest absolute Gasteiger partial charge is 0.156 e. The zero-order valence-electron chi connectivity index (χ0n) is 20.6. The van der Waals surface area contributed by atoms with Gasteiger partial charge in [-0.15, -0.1) is 24.8 Å². The van der Waals surface area contributed by atoms with Crippen molar-refractivity contribution in [3.63, 3.8) is 0 Å².